The molecule has 0 unspecified atom stereocenters. The van der Waals surface area contributed by atoms with E-state index in [0.717, 1.165) is 6.21 Å². The molecule has 1 aromatic rings. The van der Waals surface area contributed by atoms with E-state index in [4.69, 9.17) is 18.0 Å². The summed E-state index contributed by atoms with van der Waals surface area (Å²) < 4.78 is 0. The Labute approximate surface area is 125 Å². The fourth-order valence-electron chi connectivity index (χ4n) is 1.72. The van der Waals surface area contributed by atoms with E-state index in [1.54, 1.807) is 30.3 Å². The van der Waals surface area contributed by atoms with Crippen LogP contribution in [0.4, 0.5) is 10.5 Å². The number of carbonyl (C=O) groups is 3. The molecule has 1 heterocycles. The first-order valence-corrected chi connectivity index (χ1v) is 6.24. The van der Waals surface area contributed by atoms with Crippen LogP contribution in [-0.4, -0.2) is 29.2 Å². The number of rotatable bonds is 3. The molecule has 0 aliphatic carbocycles. The molecule has 21 heavy (non-hydrogen) atoms. The van der Waals surface area contributed by atoms with Gasteiger partial charge in [-0.05, 0) is 24.4 Å². The maximum Gasteiger partial charge on any atom is 0.332 e. The molecular weight excluding hydrogens is 294 g/mol. The monoisotopic (exact) mass is 305 g/mol. The van der Waals surface area contributed by atoms with Crippen molar-refractivity contribution in [1.29, 1.82) is 0 Å². The second-order valence-electron chi connectivity index (χ2n) is 4.04. The number of anilines is 1. The maximum absolute atomic E-state index is 12.4. The number of amides is 4. The average molecular weight is 305 g/mol. The van der Waals surface area contributed by atoms with Gasteiger partial charge in [0.1, 0.15) is 0 Å². The summed E-state index contributed by atoms with van der Waals surface area (Å²) >= 11 is 5.01. The molecule has 1 aliphatic rings. The van der Waals surface area contributed by atoms with E-state index in [-0.39, 0.29) is 5.11 Å². The van der Waals surface area contributed by atoms with Crippen molar-refractivity contribution in [3.63, 3.8) is 0 Å². The van der Waals surface area contributed by atoms with Crippen molar-refractivity contribution >= 4 is 47.1 Å². The number of thiocarbonyl (C=S) groups is 1. The second-order valence-corrected chi connectivity index (χ2v) is 4.42. The van der Waals surface area contributed by atoms with E-state index in [1.807, 2.05) is 5.43 Å². The molecule has 0 bridgehead atoms. The third kappa shape index (κ3) is 3.20. The molecule has 108 valence electrons. The largest absolute Gasteiger partial charge is 0.350 e. The van der Waals surface area contributed by atoms with E-state index < -0.39 is 23.8 Å². The highest BCUT2D eigenvalue weighted by Crippen LogP contribution is 2.19. The van der Waals surface area contributed by atoms with Crippen LogP contribution < -0.4 is 21.4 Å². The molecule has 1 aliphatic heterocycles. The molecule has 0 aromatic heterocycles. The molecule has 4 amide bonds. The minimum Gasteiger partial charge on any atom is -0.350 e. The van der Waals surface area contributed by atoms with E-state index >= 15 is 0 Å². The van der Waals surface area contributed by atoms with Crippen LogP contribution in [0.15, 0.2) is 35.4 Å². The van der Waals surface area contributed by atoms with Gasteiger partial charge in [-0.15, -0.1) is 0 Å². The van der Waals surface area contributed by atoms with Gasteiger partial charge in [-0.1, -0.05) is 18.2 Å². The zero-order chi connectivity index (χ0) is 15.4. The fourth-order valence-corrected chi connectivity index (χ4v) is 2.01. The first-order chi connectivity index (χ1) is 10.0. The Morgan fingerprint density at radius 3 is 2.67 bits per heavy atom. The minimum absolute atomic E-state index is 0.0105. The van der Waals surface area contributed by atoms with Gasteiger partial charge in [0.15, 0.2) is 11.0 Å². The Balaban J connectivity index is 2.26. The first-order valence-electron chi connectivity index (χ1n) is 5.83. The lowest BCUT2D eigenvalue weighted by atomic mass is 10.1. The lowest BCUT2D eigenvalue weighted by molar-refractivity contribution is -0.130. The van der Waals surface area contributed by atoms with Gasteiger partial charge < -0.3 is 11.1 Å². The Morgan fingerprint density at radius 2 is 2.05 bits per heavy atom. The number of urea groups is 1. The van der Waals surface area contributed by atoms with E-state index in [0.29, 0.717) is 5.69 Å². The molecule has 1 saturated heterocycles. The molecule has 8 nitrogen and oxygen atoms in total. The smallest absolute Gasteiger partial charge is 0.332 e. The van der Waals surface area contributed by atoms with Gasteiger partial charge >= 0.3 is 6.03 Å². The van der Waals surface area contributed by atoms with Crippen LogP contribution in [0.3, 0.4) is 0 Å². The molecule has 9 heteroatoms. The third-order valence-corrected chi connectivity index (χ3v) is 2.90. The van der Waals surface area contributed by atoms with Gasteiger partial charge in [-0.3, -0.25) is 14.5 Å². The van der Waals surface area contributed by atoms with Gasteiger partial charge in [0.2, 0.25) is 5.91 Å². The molecule has 1 aromatic carbocycles. The van der Waals surface area contributed by atoms with Crippen molar-refractivity contribution in [2.75, 3.05) is 4.90 Å². The Kier molecular flexibility index (Phi) is 4.24. The number of nitrogens with one attached hydrogen (secondary N) is 2. The number of para-hydroxylation sites is 1. The number of primary amides is 1. The summed E-state index contributed by atoms with van der Waals surface area (Å²) in [6.45, 7) is 0. The summed E-state index contributed by atoms with van der Waals surface area (Å²) in [5, 5.41) is 5.85. The van der Waals surface area contributed by atoms with Crippen molar-refractivity contribution in [3.8, 4) is 0 Å². The van der Waals surface area contributed by atoms with Crippen LogP contribution in [0.5, 0.6) is 0 Å². The Morgan fingerprint density at radius 1 is 1.38 bits per heavy atom. The quantitative estimate of drug-likeness (QED) is 0.308. The highest BCUT2D eigenvalue weighted by atomic mass is 32.1. The molecule has 0 radical (unpaired) electrons. The fraction of sp³-hybridized carbons (Fsp3) is 0.0833. The minimum atomic E-state index is -1.20. The summed E-state index contributed by atoms with van der Waals surface area (Å²) in [5.41, 5.74) is 7.28. The zero-order valence-corrected chi connectivity index (χ0v) is 11.5. The Hall–Kier alpha value is -2.81. The predicted octanol–water partition coefficient (Wildman–Crippen LogP) is -0.295. The number of nitrogens with two attached hydrogens (primary N) is 1. The van der Waals surface area contributed by atoms with Gasteiger partial charge in [-0.25, -0.2) is 10.2 Å². The van der Waals surface area contributed by atoms with Crippen LogP contribution in [0, 0.1) is 5.92 Å². The summed E-state index contributed by atoms with van der Waals surface area (Å²) in [4.78, 5) is 35.9. The van der Waals surface area contributed by atoms with Crippen molar-refractivity contribution in [1.82, 2.24) is 10.7 Å². The SMILES string of the molecule is NC(=O)N/N=C\[C@@H]1C(=O)NC(=S)N(c2ccccc2)C1=O. The van der Waals surface area contributed by atoms with Crippen LogP contribution >= 0.6 is 12.2 Å². The summed E-state index contributed by atoms with van der Waals surface area (Å²) in [7, 11) is 0. The van der Waals surface area contributed by atoms with Gasteiger partial charge in [-0.2, -0.15) is 5.10 Å². The predicted molar refractivity (Wildman–Crippen MR) is 79.4 cm³/mol. The van der Waals surface area contributed by atoms with Crippen molar-refractivity contribution in [2.45, 2.75) is 0 Å². The van der Waals surface area contributed by atoms with Gasteiger partial charge in [0.25, 0.3) is 5.91 Å². The van der Waals surface area contributed by atoms with Crippen LogP contribution in [0.2, 0.25) is 0 Å². The average Bonchev–Trinajstić information content (AvgIpc) is 2.43. The molecular formula is C12H11N5O3S. The van der Waals surface area contributed by atoms with E-state index in [2.05, 4.69) is 10.4 Å². The number of benzene rings is 1. The van der Waals surface area contributed by atoms with Gasteiger partial charge in [0, 0.05) is 6.21 Å². The number of hydrogen-bond acceptors (Lipinski definition) is 5. The molecule has 1 fully saturated rings. The van der Waals surface area contributed by atoms with Crippen LogP contribution in [0.25, 0.3) is 0 Å². The van der Waals surface area contributed by atoms with Crippen molar-refractivity contribution < 1.29 is 14.4 Å². The zero-order valence-electron chi connectivity index (χ0n) is 10.6. The van der Waals surface area contributed by atoms with Crippen molar-refractivity contribution in [3.05, 3.63) is 30.3 Å². The second kappa shape index (κ2) is 6.09. The number of hydrogen-bond donors (Lipinski definition) is 3. The van der Waals surface area contributed by atoms with Crippen LogP contribution in [-0.2, 0) is 9.59 Å². The molecule has 1 atom stereocenters. The topological polar surface area (TPSA) is 117 Å². The number of carbonyl (C=O) groups excluding carboxylic acids is 3. The normalized spacial score (nSPS) is 18.8. The standard InChI is InChI=1S/C12H11N5O3S/c13-11(20)16-14-6-8-9(18)15-12(21)17(10(8)19)7-4-2-1-3-5-7/h1-6,8H,(H3,13,16,20)(H,15,18,21)/b14-6-/t8-/m1/s1. The third-order valence-electron chi connectivity index (χ3n) is 2.61. The molecule has 2 rings (SSSR count). The van der Waals surface area contributed by atoms with Crippen molar-refractivity contribution in [2.24, 2.45) is 16.8 Å². The summed E-state index contributed by atoms with van der Waals surface area (Å²) in [6, 6.07) is 7.72. The van der Waals surface area contributed by atoms with E-state index in [9.17, 15) is 14.4 Å². The lowest BCUT2D eigenvalue weighted by Gasteiger charge is -2.30. The highest BCUT2D eigenvalue weighted by molar-refractivity contribution is 7.80. The lowest BCUT2D eigenvalue weighted by Crippen LogP contribution is -2.58. The maximum atomic E-state index is 12.4. The van der Waals surface area contributed by atoms with E-state index in [1.165, 1.54) is 4.90 Å². The highest BCUT2D eigenvalue weighted by Gasteiger charge is 2.38. The van der Waals surface area contributed by atoms with Gasteiger partial charge in [0.05, 0.1) is 5.69 Å². The summed E-state index contributed by atoms with van der Waals surface area (Å²) in [5.74, 6) is -2.39. The molecule has 0 spiro atoms. The molecule has 4 N–H and O–H groups in total. The number of nitrogens with zero attached hydrogens (tertiary/aromatic N) is 2. The number of hydrazone groups is 1. The first kappa shape index (κ1) is 14.6. The summed E-state index contributed by atoms with van der Waals surface area (Å²) in [6.07, 6.45) is 1.00. The molecule has 0 saturated carbocycles. The van der Waals surface area contributed by atoms with Crippen LogP contribution in [0.1, 0.15) is 0 Å². The Bertz CT molecular complexity index is 631.